The summed E-state index contributed by atoms with van der Waals surface area (Å²) in [6.07, 6.45) is 8.14. The van der Waals surface area contributed by atoms with E-state index in [-0.39, 0.29) is 0 Å². The van der Waals surface area contributed by atoms with Crippen molar-refractivity contribution >= 4 is 29.7 Å². The second kappa shape index (κ2) is 8.70. The van der Waals surface area contributed by atoms with Gasteiger partial charge in [-0.05, 0) is 29.5 Å². The Morgan fingerprint density at radius 3 is 2.35 bits per heavy atom. The molecule has 0 spiro atoms. The van der Waals surface area contributed by atoms with Crippen LogP contribution in [-0.2, 0) is 13.1 Å². The van der Waals surface area contributed by atoms with Gasteiger partial charge in [-0.3, -0.25) is 9.98 Å². The van der Waals surface area contributed by atoms with Crippen molar-refractivity contribution in [1.29, 1.82) is 0 Å². The Balaban J connectivity index is 1.92. The zero-order valence-corrected chi connectivity index (χ0v) is 13.3. The van der Waals surface area contributed by atoms with Crippen LogP contribution >= 0.6 is 11.6 Å². The molecule has 118 valence electrons. The smallest absolute Gasteiger partial charge is 0.131 e. The highest BCUT2D eigenvalue weighted by Crippen LogP contribution is 2.13. The minimum absolute atomic E-state index is 0.375. The van der Waals surface area contributed by atoms with Crippen molar-refractivity contribution in [2.24, 2.45) is 15.7 Å². The first-order valence-corrected chi connectivity index (χ1v) is 7.42. The average Bonchev–Trinajstić information content (AvgIpc) is 2.55. The lowest BCUT2D eigenvalue weighted by Gasteiger charge is -2.01. The van der Waals surface area contributed by atoms with Crippen LogP contribution in [0.3, 0.4) is 0 Å². The molecule has 23 heavy (non-hydrogen) atoms. The van der Waals surface area contributed by atoms with Crippen molar-refractivity contribution in [1.82, 2.24) is 4.98 Å². The maximum Gasteiger partial charge on any atom is 0.131 e. The third-order valence-electron chi connectivity index (χ3n) is 3.04. The molecular formula is C17H18ClN5. The summed E-state index contributed by atoms with van der Waals surface area (Å²) in [5.74, 6) is 0. The molecule has 0 aliphatic heterocycles. The number of benzene rings is 1. The molecule has 5 nitrogen and oxygen atoms in total. The van der Waals surface area contributed by atoms with Crippen molar-refractivity contribution < 1.29 is 0 Å². The van der Waals surface area contributed by atoms with Gasteiger partial charge in [0.15, 0.2) is 0 Å². The molecule has 6 heteroatoms. The maximum absolute atomic E-state index is 5.85. The number of hydrogen-bond acceptors (Lipinski definition) is 5. The van der Waals surface area contributed by atoms with Crippen LogP contribution in [0.4, 0.5) is 5.69 Å². The molecule has 1 heterocycles. The van der Waals surface area contributed by atoms with E-state index in [1.807, 2.05) is 24.3 Å². The maximum atomic E-state index is 5.85. The number of nitrogens with two attached hydrogens (primary N) is 2. The lowest BCUT2D eigenvalue weighted by molar-refractivity contribution is 1.04. The van der Waals surface area contributed by atoms with Crippen LogP contribution in [0.5, 0.6) is 0 Å². The molecule has 0 aliphatic carbocycles. The quantitative estimate of drug-likeness (QED) is 0.631. The number of aromatic nitrogens is 1. The fourth-order valence-electron chi connectivity index (χ4n) is 1.83. The second-order valence-corrected chi connectivity index (χ2v) is 5.18. The average molecular weight is 328 g/mol. The fraction of sp³-hybridized carbons (Fsp3) is 0.118. The van der Waals surface area contributed by atoms with Gasteiger partial charge < -0.3 is 11.5 Å². The third kappa shape index (κ3) is 5.56. The summed E-state index contributed by atoms with van der Waals surface area (Å²) in [5.41, 5.74) is 14.6. The first kappa shape index (κ1) is 16.7. The lowest BCUT2D eigenvalue weighted by Crippen LogP contribution is -1.95. The van der Waals surface area contributed by atoms with Gasteiger partial charge in [-0.2, -0.15) is 0 Å². The van der Waals surface area contributed by atoms with Crippen molar-refractivity contribution in [2.45, 2.75) is 13.1 Å². The number of pyridine rings is 1. The zero-order valence-electron chi connectivity index (χ0n) is 12.6. The molecule has 4 N–H and O–H groups in total. The minimum atomic E-state index is 0.375. The number of anilines is 1. The van der Waals surface area contributed by atoms with E-state index in [9.17, 15) is 0 Å². The van der Waals surface area contributed by atoms with E-state index in [0.29, 0.717) is 23.9 Å². The van der Waals surface area contributed by atoms with Crippen LogP contribution in [0.15, 0.2) is 58.8 Å². The van der Waals surface area contributed by atoms with Crippen molar-refractivity contribution in [2.75, 3.05) is 5.73 Å². The molecule has 0 saturated carbocycles. The van der Waals surface area contributed by atoms with E-state index in [4.69, 9.17) is 23.1 Å². The van der Waals surface area contributed by atoms with Gasteiger partial charge >= 0.3 is 0 Å². The van der Waals surface area contributed by atoms with Gasteiger partial charge in [0.1, 0.15) is 5.15 Å². The number of aliphatic imine (C=N–C) groups is 2. The molecule has 0 fully saturated rings. The molecule has 0 unspecified atom stereocenters. The van der Waals surface area contributed by atoms with Gasteiger partial charge in [0.25, 0.3) is 0 Å². The Morgan fingerprint density at radius 2 is 1.74 bits per heavy atom. The van der Waals surface area contributed by atoms with E-state index in [2.05, 4.69) is 15.0 Å². The van der Waals surface area contributed by atoms with E-state index >= 15 is 0 Å². The SMILES string of the molecule is N/C=C\C=NCc1ccc(CN=Cc2cnc(Cl)cc2N)cc1. The molecule has 0 radical (unpaired) electrons. The number of rotatable bonds is 6. The number of hydrogen-bond donors (Lipinski definition) is 2. The molecule has 2 rings (SSSR count). The highest BCUT2D eigenvalue weighted by atomic mass is 35.5. The molecule has 0 atom stereocenters. The van der Waals surface area contributed by atoms with Crippen molar-refractivity contribution in [3.05, 3.63) is 70.6 Å². The summed E-state index contributed by atoms with van der Waals surface area (Å²) in [6.45, 7) is 1.20. The molecule has 2 aromatic rings. The normalized spacial score (nSPS) is 11.9. The first-order valence-electron chi connectivity index (χ1n) is 7.04. The van der Waals surface area contributed by atoms with Gasteiger partial charge in [-0.1, -0.05) is 35.9 Å². The van der Waals surface area contributed by atoms with E-state index in [1.54, 1.807) is 30.8 Å². The molecular weight excluding hydrogens is 310 g/mol. The fourth-order valence-corrected chi connectivity index (χ4v) is 2.00. The van der Waals surface area contributed by atoms with Crippen LogP contribution in [-0.4, -0.2) is 17.4 Å². The summed E-state index contributed by atoms with van der Waals surface area (Å²) in [5, 5.41) is 0.375. The molecule has 0 aliphatic rings. The Morgan fingerprint density at radius 1 is 1.09 bits per heavy atom. The Hall–Kier alpha value is -2.66. The summed E-state index contributed by atoms with van der Waals surface area (Å²) < 4.78 is 0. The minimum Gasteiger partial charge on any atom is -0.405 e. The monoisotopic (exact) mass is 327 g/mol. The van der Waals surface area contributed by atoms with E-state index in [1.165, 1.54) is 6.20 Å². The number of nitrogens with zero attached hydrogens (tertiary/aromatic N) is 3. The second-order valence-electron chi connectivity index (χ2n) is 4.80. The Labute approximate surface area is 140 Å². The largest absolute Gasteiger partial charge is 0.405 e. The van der Waals surface area contributed by atoms with Crippen LogP contribution in [0.1, 0.15) is 16.7 Å². The van der Waals surface area contributed by atoms with Crippen LogP contribution in [0, 0.1) is 0 Å². The van der Waals surface area contributed by atoms with Gasteiger partial charge in [-0.25, -0.2) is 4.98 Å². The van der Waals surface area contributed by atoms with Crippen molar-refractivity contribution in [3.63, 3.8) is 0 Å². The highest BCUT2D eigenvalue weighted by Gasteiger charge is 1.98. The van der Waals surface area contributed by atoms with E-state index < -0.39 is 0 Å². The standard InChI is InChI=1S/C17H18ClN5/c18-17-8-16(20)15(12-23-17)11-22-10-14-4-2-13(3-5-14)9-21-7-1-6-19/h1-8,11-12H,9-10,19H2,(H2,20,23)/b6-1-,21-7?,22-11?. The summed E-state index contributed by atoms with van der Waals surface area (Å²) in [7, 11) is 0. The predicted octanol–water partition coefficient (Wildman–Crippen LogP) is 2.98. The summed E-state index contributed by atoms with van der Waals surface area (Å²) in [4.78, 5) is 12.6. The number of halogens is 1. The molecule has 0 amide bonds. The lowest BCUT2D eigenvalue weighted by atomic mass is 10.1. The topological polar surface area (TPSA) is 89.6 Å². The number of allylic oxidation sites excluding steroid dienone is 1. The molecule has 0 bridgehead atoms. The molecule has 0 saturated heterocycles. The van der Waals surface area contributed by atoms with Crippen LogP contribution in [0.25, 0.3) is 0 Å². The molecule has 1 aromatic carbocycles. The first-order chi connectivity index (χ1) is 11.2. The van der Waals surface area contributed by atoms with E-state index in [0.717, 1.165) is 16.7 Å². The van der Waals surface area contributed by atoms with Gasteiger partial charge in [0.2, 0.25) is 0 Å². The summed E-state index contributed by atoms with van der Waals surface area (Å²) >= 11 is 5.76. The van der Waals surface area contributed by atoms with Crippen molar-refractivity contribution in [3.8, 4) is 0 Å². The summed E-state index contributed by atoms with van der Waals surface area (Å²) in [6, 6.07) is 9.74. The van der Waals surface area contributed by atoms with Gasteiger partial charge in [0.05, 0.1) is 13.1 Å². The van der Waals surface area contributed by atoms with Gasteiger partial charge in [0, 0.05) is 29.9 Å². The Bertz CT molecular complexity index is 720. The zero-order chi connectivity index (χ0) is 16.5. The van der Waals surface area contributed by atoms with Crippen LogP contribution < -0.4 is 11.5 Å². The Kier molecular flexibility index (Phi) is 6.32. The molecule has 1 aromatic heterocycles. The van der Waals surface area contributed by atoms with Gasteiger partial charge in [-0.15, -0.1) is 0 Å². The number of nitrogen functional groups attached to an aromatic ring is 1. The highest BCUT2D eigenvalue weighted by molar-refractivity contribution is 6.29. The predicted molar refractivity (Wildman–Crippen MR) is 96.9 cm³/mol. The van der Waals surface area contributed by atoms with Crippen LogP contribution in [0.2, 0.25) is 5.15 Å². The third-order valence-corrected chi connectivity index (χ3v) is 3.25.